The van der Waals surface area contributed by atoms with Gasteiger partial charge in [-0.2, -0.15) is 0 Å². The summed E-state index contributed by atoms with van der Waals surface area (Å²) >= 11 is 0. The van der Waals surface area contributed by atoms with Crippen molar-refractivity contribution < 1.29 is 23.6 Å². The minimum absolute atomic E-state index is 0.0611. The van der Waals surface area contributed by atoms with Crippen LogP contribution in [-0.2, 0) is 6.42 Å². The van der Waals surface area contributed by atoms with E-state index in [4.69, 9.17) is 9.47 Å². The second-order valence-corrected chi connectivity index (χ2v) is 6.83. The summed E-state index contributed by atoms with van der Waals surface area (Å²) < 4.78 is 24.0. The van der Waals surface area contributed by atoms with Gasteiger partial charge in [0.25, 0.3) is 5.91 Å². The maximum absolute atomic E-state index is 13.1. The van der Waals surface area contributed by atoms with Gasteiger partial charge >= 0.3 is 0 Å². The molecule has 28 heavy (non-hydrogen) atoms. The first-order valence-corrected chi connectivity index (χ1v) is 9.31. The molecule has 0 spiro atoms. The molecule has 1 unspecified atom stereocenters. The molecular formula is C22H26FN2O3+. The van der Waals surface area contributed by atoms with Gasteiger partial charge in [0.1, 0.15) is 11.9 Å². The molecule has 0 radical (unpaired) electrons. The van der Waals surface area contributed by atoms with E-state index in [0.717, 1.165) is 25.1 Å². The van der Waals surface area contributed by atoms with E-state index < -0.39 is 0 Å². The third-order valence-electron chi connectivity index (χ3n) is 5.21. The van der Waals surface area contributed by atoms with Gasteiger partial charge in [-0.15, -0.1) is 0 Å². The first kappa shape index (κ1) is 19.9. The Bertz CT molecular complexity index is 852. The standard InChI is InChI=1S/C22H25FN2O3/c1-4-10-25-11-9-16-12-20(27-2)21(28-3)13-18(16)19(25)14-24-22(26)15-5-7-17(23)8-6-15/h4-8,12-13,19H,1,9-11,14H2,2-3H3,(H,24,26)/p+1/t19-/m1/s1. The van der Waals surface area contributed by atoms with E-state index in [0.29, 0.717) is 23.6 Å². The van der Waals surface area contributed by atoms with Crippen molar-refractivity contribution in [3.05, 3.63) is 71.6 Å². The molecule has 2 atom stereocenters. The predicted octanol–water partition coefficient (Wildman–Crippen LogP) is 1.94. The minimum Gasteiger partial charge on any atom is -0.493 e. The highest BCUT2D eigenvalue weighted by atomic mass is 19.1. The normalized spacial score (nSPS) is 18.1. The lowest BCUT2D eigenvalue weighted by Crippen LogP contribution is -3.13. The van der Waals surface area contributed by atoms with Crippen molar-refractivity contribution >= 4 is 5.91 Å². The fourth-order valence-electron chi connectivity index (χ4n) is 3.75. The van der Waals surface area contributed by atoms with Crippen molar-refractivity contribution in [3.8, 4) is 11.5 Å². The first-order valence-electron chi connectivity index (χ1n) is 9.31. The molecule has 2 N–H and O–H groups in total. The SMILES string of the molecule is C=CC[NH+]1CCc2cc(OC)c(OC)cc2[C@H]1CNC(=O)c1ccc(F)cc1. The van der Waals surface area contributed by atoms with Crippen LogP contribution < -0.4 is 19.7 Å². The number of nitrogens with one attached hydrogen (secondary N) is 2. The van der Waals surface area contributed by atoms with Crippen molar-refractivity contribution in [1.29, 1.82) is 0 Å². The topological polar surface area (TPSA) is 52.0 Å². The molecule has 148 valence electrons. The number of rotatable bonds is 7. The van der Waals surface area contributed by atoms with Gasteiger partial charge in [-0.1, -0.05) is 6.58 Å². The van der Waals surface area contributed by atoms with Crippen molar-refractivity contribution in [2.45, 2.75) is 12.5 Å². The number of benzene rings is 2. The largest absolute Gasteiger partial charge is 0.493 e. The molecule has 1 aliphatic heterocycles. The summed E-state index contributed by atoms with van der Waals surface area (Å²) in [5.74, 6) is 0.810. The van der Waals surface area contributed by atoms with Gasteiger partial charge < -0.3 is 19.7 Å². The summed E-state index contributed by atoms with van der Waals surface area (Å²) in [6.07, 6.45) is 2.82. The van der Waals surface area contributed by atoms with Crippen LogP contribution in [0.25, 0.3) is 0 Å². The van der Waals surface area contributed by atoms with Crippen LogP contribution in [0.2, 0.25) is 0 Å². The van der Waals surface area contributed by atoms with Gasteiger partial charge in [0.15, 0.2) is 11.5 Å². The van der Waals surface area contributed by atoms with Crippen LogP contribution >= 0.6 is 0 Å². The van der Waals surface area contributed by atoms with Gasteiger partial charge in [0.05, 0.1) is 33.9 Å². The zero-order valence-electron chi connectivity index (χ0n) is 16.3. The molecule has 5 nitrogen and oxygen atoms in total. The lowest BCUT2D eigenvalue weighted by Gasteiger charge is -2.34. The van der Waals surface area contributed by atoms with Crippen molar-refractivity contribution in [3.63, 3.8) is 0 Å². The van der Waals surface area contributed by atoms with Crippen molar-refractivity contribution in [2.24, 2.45) is 0 Å². The fourth-order valence-corrected chi connectivity index (χ4v) is 3.75. The Kier molecular flexibility index (Phi) is 6.31. The number of hydrogen-bond donors (Lipinski definition) is 2. The number of carbonyl (C=O) groups excluding carboxylic acids is 1. The maximum atomic E-state index is 13.1. The average Bonchev–Trinajstić information content (AvgIpc) is 2.72. The van der Waals surface area contributed by atoms with E-state index in [1.54, 1.807) is 14.2 Å². The third kappa shape index (κ3) is 4.17. The summed E-state index contributed by atoms with van der Waals surface area (Å²) in [5.41, 5.74) is 2.78. The number of quaternary nitrogens is 1. The summed E-state index contributed by atoms with van der Waals surface area (Å²) in [5, 5.41) is 2.99. The molecule has 1 heterocycles. The van der Waals surface area contributed by atoms with E-state index in [-0.39, 0.29) is 17.8 Å². The van der Waals surface area contributed by atoms with Crippen LogP contribution in [0, 0.1) is 5.82 Å². The highest BCUT2D eigenvalue weighted by Crippen LogP contribution is 2.34. The number of ether oxygens (including phenoxy) is 2. The maximum Gasteiger partial charge on any atom is 0.251 e. The van der Waals surface area contributed by atoms with Crippen LogP contribution in [-0.4, -0.2) is 39.8 Å². The van der Waals surface area contributed by atoms with Crippen LogP contribution in [0.3, 0.4) is 0 Å². The number of fused-ring (bicyclic) bond motifs is 1. The molecular weight excluding hydrogens is 359 g/mol. The van der Waals surface area contributed by atoms with Gasteiger partial charge in [0.2, 0.25) is 0 Å². The Balaban J connectivity index is 1.85. The molecule has 1 aliphatic rings. The van der Waals surface area contributed by atoms with Crippen molar-refractivity contribution in [1.82, 2.24) is 5.32 Å². The summed E-state index contributed by atoms with van der Waals surface area (Å²) in [6, 6.07) is 9.64. The quantitative estimate of drug-likeness (QED) is 0.717. The second-order valence-electron chi connectivity index (χ2n) is 6.83. The number of amides is 1. The third-order valence-corrected chi connectivity index (χ3v) is 5.21. The molecule has 0 saturated heterocycles. The molecule has 0 aromatic heterocycles. The van der Waals surface area contributed by atoms with E-state index in [2.05, 4.69) is 11.9 Å². The summed E-state index contributed by atoms with van der Waals surface area (Å²) in [7, 11) is 3.25. The van der Waals surface area contributed by atoms with Crippen LogP contribution in [0.1, 0.15) is 27.5 Å². The smallest absolute Gasteiger partial charge is 0.251 e. The second kappa shape index (κ2) is 8.89. The molecule has 0 bridgehead atoms. The Morgan fingerprint density at radius 2 is 1.93 bits per heavy atom. The Labute approximate surface area is 164 Å². The highest BCUT2D eigenvalue weighted by molar-refractivity contribution is 5.94. The number of halogens is 1. The monoisotopic (exact) mass is 385 g/mol. The highest BCUT2D eigenvalue weighted by Gasteiger charge is 2.32. The summed E-state index contributed by atoms with van der Waals surface area (Å²) in [6.45, 7) is 6.06. The molecule has 0 aliphatic carbocycles. The molecule has 2 aromatic carbocycles. The van der Waals surface area contributed by atoms with Gasteiger partial charge in [0, 0.05) is 17.5 Å². The average molecular weight is 385 g/mol. The van der Waals surface area contributed by atoms with Gasteiger partial charge in [-0.25, -0.2) is 4.39 Å². The van der Waals surface area contributed by atoms with Gasteiger partial charge in [-0.05, 0) is 48.0 Å². The molecule has 0 saturated carbocycles. The minimum atomic E-state index is -0.361. The van der Waals surface area contributed by atoms with Crippen LogP contribution in [0.5, 0.6) is 11.5 Å². The van der Waals surface area contributed by atoms with Crippen molar-refractivity contribution in [2.75, 3.05) is 33.9 Å². The molecule has 0 fully saturated rings. The lowest BCUT2D eigenvalue weighted by molar-refractivity contribution is -0.927. The first-order chi connectivity index (χ1) is 13.6. The number of carbonyl (C=O) groups is 1. The van der Waals surface area contributed by atoms with E-state index in [1.807, 2.05) is 18.2 Å². The molecule has 2 aromatic rings. The number of methoxy groups -OCH3 is 2. The van der Waals surface area contributed by atoms with Gasteiger partial charge in [-0.3, -0.25) is 4.79 Å². The Morgan fingerprint density at radius 1 is 1.25 bits per heavy atom. The van der Waals surface area contributed by atoms with E-state index in [1.165, 1.54) is 34.7 Å². The Morgan fingerprint density at radius 3 is 2.57 bits per heavy atom. The van der Waals surface area contributed by atoms with E-state index >= 15 is 0 Å². The van der Waals surface area contributed by atoms with E-state index in [9.17, 15) is 9.18 Å². The van der Waals surface area contributed by atoms with Crippen LogP contribution in [0.15, 0.2) is 49.1 Å². The molecule has 1 amide bonds. The predicted molar refractivity (Wildman–Crippen MR) is 106 cm³/mol. The summed E-state index contributed by atoms with van der Waals surface area (Å²) in [4.78, 5) is 13.8. The lowest BCUT2D eigenvalue weighted by atomic mass is 9.91. The molecule has 6 heteroatoms. The molecule has 3 rings (SSSR count). The zero-order chi connectivity index (χ0) is 20.1. The zero-order valence-corrected chi connectivity index (χ0v) is 16.3. The number of hydrogen-bond acceptors (Lipinski definition) is 3. The van der Waals surface area contributed by atoms with Crippen LogP contribution in [0.4, 0.5) is 4.39 Å². The Hall–Kier alpha value is -2.86. The fraction of sp³-hybridized carbons (Fsp3) is 0.318.